The number of amides is 1. The molecule has 0 bridgehead atoms. The first-order chi connectivity index (χ1) is 13.0. The van der Waals surface area contributed by atoms with Gasteiger partial charge in [0.1, 0.15) is 4.21 Å². The second-order valence-electron chi connectivity index (χ2n) is 6.11. The summed E-state index contributed by atoms with van der Waals surface area (Å²) in [6.45, 7) is 1.64. The van der Waals surface area contributed by atoms with Crippen molar-refractivity contribution in [3.8, 4) is 0 Å². The van der Waals surface area contributed by atoms with Crippen molar-refractivity contribution in [1.82, 2.24) is 4.90 Å². The molecule has 9 heteroatoms. The Kier molecular flexibility index (Phi) is 6.12. The average Bonchev–Trinajstić information content (AvgIpc) is 3.31. The molecule has 1 saturated heterocycles. The largest absolute Gasteiger partial charge is 0.858 e. The van der Waals surface area contributed by atoms with E-state index in [9.17, 15) is 18.3 Å². The van der Waals surface area contributed by atoms with Crippen molar-refractivity contribution in [2.45, 2.75) is 23.5 Å². The fourth-order valence-electron chi connectivity index (χ4n) is 2.84. The van der Waals surface area contributed by atoms with Crippen molar-refractivity contribution in [3.05, 3.63) is 47.3 Å². The zero-order valence-corrected chi connectivity index (χ0v) is 16.3. The van der Waals surface area contributed by atoms with Crippen LogP contribution in [0.15, 0.2) is 51.0 Å². The normalized spacial score (nSPS) is 15.3. The van der Waals surface area contributed by atoms with Crippen LogP contribution in [0.3, 0.4) is 0 Å². The van der Waals surface area contributed by atoms with Crippen molar-refractivity contribution in [2.24, 2.45) is 4.99 Å². The van der Waals surface area contributed by atoms with Gasteiger partial charge in [-0.3, -0.25) is 9.52 Å². The molecule has 0 saturated carbocycles. The van der Waals surface area contributed by atoms with E-state index in [1.54, 1.807) is 34.5 Å². The highest BCUT2D eigenvalue weighted by Crippen LogP contribution is 2.22. The van der Waals surface area contributed by atoms with Gasteiger partial charge in [0, 0.05) is 31.6 Å². The third-order valence-electron chi connectivity index (χ3n) is 4.17. The Balaban J connectivity index is 1.66. The molecule has 0 spiro atoms. The number of carbonyl (C=O) groups is 1. The van der Waals surface area contributed by atoms with Gasteiger partial charge in [-0.05, 0) is 36.3 Å². The molecule has 1 aromatic heterocycles. The zero-order chi connectivity index (χ0) is 19.3. The third-order valence-corrected chi connectivity index (χ3v) is 6.94. The lowest BCUT2D eigenvalue weighted by Gasteiger charge is -2.17. The lowest BCUT2D eigenvalue weighted by molar-refractivity contribution is -0.213. The molecule has 1 aromatic carbocycles. The fourth-order valence-corrected chi connectivity index (χ4v) is 4.91. The highest BCUT2D eigenvalue weighted by Gasteiger charge is 2.19. The van der Waals surface area contributed by atoms with E-state index in [0.29, 0.717) is 19.4 Å². The van der Waals surface area contributed by atoms with Crippen molar-refractivity contribution >= 4 is 38.9 Å². The molecule has 27 heavy (non-hydrogen) atoms. The van der Waals surface area contributed by atoms with Crippen LogP contribution >= 0.6 is 11.3 Å². The number of carbonyl (C=O) groups excluding carboxylic acids is 1. The van der Waals surface area contributed by atoms with E-state index in [2.05, 4.69) is 9.71 Å². The Hall–Kier alpha value is -2.39. The Morgan fingerprint density at radius 2 is 2.07 bits per heavy atom. The van der Waals surface area contributed by atoms with Gasteiger partial charge in [0.25, 0.3) is 10.0 Å². The number of rotatable bonds is 8. The van der Waals surface area contributed by atoms with E-state index in [0.717, 1.165) is 24.3 Å². The number of thiophene rings is 1. The molecule has 7 nitrogen and oxygen atoms in total. The minimum absolute atomic E-state index is 0.148. The van der Waals surface area contributed by atoms with Gasteiger partial charge in [-0.1, -0.05) is 24.3 Å². The minimum atomic E-state index is -3.74. The van der Waals surface area contributed by atoms with Crippen LogP contribution in [-0.4, -0.2) is 44.8 Å². The average molecular weight is 407 g/mol. The molecule has 2 heterocycles. The number of sulfonamides is 1. The SMILES string of the molecule is O=C1CCCN1CCCN=C([O-])c1ccccc1NS(=O)(=O)c1cccs1. The van der Waals surface area contributed by atoms with Gasteiger partial charge < -0.3 is 15.0 Å². The topological polar surface area (TPSA) is 102 Å². The molecule has 1 aliphatic heterocycles. The van der Waals surface area contributed by atoms with Gasteiger partial charge in [0.05, 0.1) is 5.69 Å². The molecule has 0 unspecified atom stereocenters. The predicted molar refractivity (Wildman–Crippen MR) is 103 cm³/mol. The molecule has 144 valence electrons. The minimum Gasteiger partial charge on any atom is -0.858 e. The van der Waals surface area contributed by atoms with Crippen LogP contribution in [0.25, 0.3) is 0 Å². The van der Waals surface area contributed by atoms with Crippen LogP contribution in [0.4, 0.5) is 5.69 Å². The summed E-state index contributed by atoms with van der Waals surface area (Å²) in [5, 5.41) is 14.1. The number of benzene rings is 1. The second-order valence-corrected chi connectivity index (χ2v) is 8.96. The number of aliphatic imine (C=N–C) groups is 1. The van der Waals surface area contributed by atoms with Gasteiger partial charge in [0.2, 0.25) is 5.91 Å². The van der Waals surface area contributed by atoms with E-state index in [-0.39, 0.29) is 27.9 Å². The van der Waals surface area contributed by atoms with Crippen molar-refractivity contribution in [1.29, 1.82) is 0 Å². The lowest BCUT2D eigenvalue weighted by atomic mass is 10.2. The molecule has 0 atom stereocenters. The summed E-state index contributed by atoms with van der Waals surface area (Å²) >= 11 is 1.10. The van der Waals surface area contributed by atoms with E-state index in [1.165, 1.54) is 12.1 Å². The molecule has 0 radical (unpaired) electrons. The first-order valence-electron chi connectivity index (χ1n) is 8.62. The number of hydrogen-bond acceptors (Lipinski definition) is 6. The van der Waals surface area contributed by atoms with Crippen LogP contribution in [-0.2, 0) is 14.8 Å². The van der Waals surface area contributed by atoms with E-state index < -0.39 is 15.9 Å². The molecular formula is C18H20N3O4S2-. The predicted octanol–water partition coefficient (Wildman–Crippen LogP) is 1.67. The maximum Gasteiger partial charge on any atom is 0.271 e. The van der Waals surface area contributed by atoms with Crippen LogP contribution < -0.4 is 9.83 Å². The summed E-state index contributed by atoms with van der Waals surface area (Å²) < 4.78 is 27.4. The van der Waals surface area contributed by atoms with Crippen LogP contribution in [0, 0.1) is 0 Å². The van der Waals surface area contributed by atoms with Gasteiger partial charge in [-0.2, -0.15) is 0 Å². The Morgan fingerprint density at radius 3 is 2.78 bits per heavy atom. The second kappa shape index (κ2) is 8.53. The van der Waals surface area contributed by atoms with E-state index in [1.807, 2.05) is 0 Å². The van der Waals surface area contributed by atoms with Crippen LogP contribution in [0.2, 0.25) is 0 Å². The van der Waals surface area contributed by atoms with E-state index >= 15 is 0 Å². The van der Waals surface area contributed by atoms with Gasteiger partial charge in [-0.25, -0.2) is 8.42 Å². The number of para-hydroxylation sites is 1. The number of anilines is 1. The molecule has 2 aromatic rings. The van der Waals surface area contributed by atoms with Gasteiger partial charge in [-0.15, -0.1) is 11.3 Å². The summed E-state index contributed by atoms with van der Waals surface area (Å²) in [5.41, 5.74) is 0.407. The maximum atomic E-state index is 12.4. The Morgan fingerprint density at radius 1 is 1.26 bits per heavy atom. The number of nitrogens with one attached hydrogen (secondary N) is 1. The lowest BCUT2D eigenvalue weighted by Crippen LogP contribution is -2.26. The van der Waals surface area contributed by atoms with Crippen LogP contribution in [0.1, 0.15) is 24.8 Å². The number of nitrogens with zero attached hydrogens (tertiary/aromatic N) is 2. The van der Waals surface area contributed by atoms with Gasteiger partial charge >= 0.3 is 0 Å². The third kappa shape index (κ3) is 4.86. The van der Waals surface area contributed by atoms with Crippen molar-refractivity contribution < 1.29 is 18.3 Å². The molecular weight excluding hydrogens is 386 g/mol. The summed E-state index contributed by atoms with van der Waals surface area (Å²) in [6.07, 6.45) is 2.07. The number of hydrogen-bond donors (Lipinski definition) is 1. The van der Waals surface area contributed by atoms with Crippen molar-refractivity contribution in [2.75, 3.05) is 24.4 Å². The zero-order valence-electron chi connectivity index (χ0n) is 14.6. The van der Waals surface area contributed by atoms with Crippen LogP contribution in [0.5, 0.6) is 0 Å². The first-order valence-corrected chi connectivity index (χ1v) is 11.0. The quantitative estimate of drug-likeness (QED) is 0.409. The molecule has 3 rings (SSSR count). The first kappa shape index (κ1) is 19.4. The molecule has 1 fully saturated rings. The van der Waals surface area contributed by atoms with Gasteiger partial charge in [0.15, 0.2) is 0 Å². The van der Waals surface area contributed by atoms with E-state index in [4.69, 9.17) is 0 Å². The summed E-state index contributed by atoms with van der Waals surface area (Å²) in [7, 11) is -3.74. The molecule has 0 aliphatic carbocycles. The number of likely N-dealkylation sites (tertiary alicyclic amines) is 1. The molecule has 1 aliphatic rings. The summed E-state index contributed by atoms with van der Waals surface area (Å²) in [4.78, 5) is 17.4. The standard InChI is InChI=1S/C18H21N3O4S2/c22-16-8-3-11-21(16)12-5-10-19-18(23)14-6-1-2-7-15(14)20-27(24,25)17-9-4-13-26-17/h1-2,4,6-7,9,13,20H,3,5,8,10-12H2,(H,19,23)/p-1. The Bertz CT molecular complexity index is 924. The smallest absolute Gasteiger partial charge is 0.271 e. The summed E-state index contributed by atoms with van der Waals surface area (Å²) in [5.74, 6) is -0.332. The highest BCUT2D eigenvalue weighted by molar-refractivity contribution is 7.94. The summed E-state index contributed by atoms with van der Waals surface area (Å²) in [6, 6.07) is 9.55. The fraction of sp³-hybridized carbons (Fsp3) is 0.333. The molecule has 1 amide bonds. The monoisotopic (exact) mass is 406 g/mol. The molecule has 1 N–H and O–H groups in total. The van der Waals surface area contributed by atoms with Crippen molar-refractivity contribution in [3.63, 3.8) is 0 Å². The maximum absolute atomic E-state index is 12.4. The Labute approximate surface area is 162 Å². The highest BCUT2D eigenvalue weighted by atomic mass is 32.2.